The van der Waals surface area contributed by atoms with E-state index in [9.17, 15) is 10.1 Å². The molecule has 0 radical (unpaired) electrons. The zero-order valence-electron chi connectivity index (χ0n) is 14.4. The highest BCUT2D eigenvalue weighted by Gasteiger charge is 2.14. The monoisotopic (exact) mass is 419 g/mol. The molecule has 0 spiro atoms. The van der Waals surface area contributed by atoms with Crippen LogP contribution in [0.25, 0.3) is 33.5 Å². The number of aromatic amines is 1. The van der Waals surface area contributed by atoms with E-state index in [0.717, 1.165) is 26.8 Å². The van der Waals surface area contributed by atoms with Gasteiger partial charge in [-0.05, 0) is 30.3 Å². The summed E-state index contributed by atoms with van der Waals surface area (Å²) >= 11 is 3.35. The molecular formula is C21H14BrN3O2. The maximum atomic E-state index is 12.4. The summed E-state index contributed by atoms with van der Waals surface area (Å²) in [7, 11) is 0. The second kappa shape index (κ2) is 6.86. The van der Waals surface area contributed by atoms with Crippen molar-refractivity contribution in [3.05, 3.63) is 74.4 Å². The molecule has 2 heterocycles. The SMILES string of the molecule is CCc1oc2ccccc2c1/C=C(\C#N)c1nc2ccc(Br)cc2c(=O)[nH]1. The molecule has 0 bridgehead atoms. The lowest BCUT2D eigenvalue weighted by Gasteiger charge is -2.03. The molecule has 2 aromatic heterocycles. The van der Waals surface area contributed by atoms with E-state index in [2.05, 4.69) is 32.0 Å². The van der Waals surface area contributed by atoms with E-state index < -0.39 is 0 Å². The number of H-pyrrole nitrogens is 1. The molecule has 0 saturated heterocycles. The van der Waals surface area contributed by atoms with Crippen LogP contribution in [0.3, 0.4) is 0 Å². The van der Waals surface area contributed by atoms with Crippen molar-refractivity contribution in [2.45, 2.75) is 13.3 Å². The molecule has 2 aromatic carbocycles. The number of furan rings is 1. The van der Waals surface area contributed by atoms with Crippen LogP contribution in [-0.2, 0) is 6.42 Å². The van der Waals surface area contributed by atoms with Crippen molar-refractivity contribution in [3.8, 4) is 6.07 Å². The van der Waals surface area contributed by atoms with Crippen LogP contribution in [0.15, 0.2) is 56.1 Å². The normalized spacial score (nSPS) is 11.8. The average Bonchev–Trinajstić information content (AvgIpc) is 3.04. The quantitative estimate of drug-likeness (QED) is 0.470. The van der Waals surface area contributed by atoms with Crippen molar-refractivity contribution in [2.75, 3.05) is 0 Å². The Morgan fingerprint density at radius 1 is 1.30 bits per heavy atom. The Kier molecular flexibility index (Phi) is 4.38. The van der Waals surface area contributed by atoms with Crippen LogP contribution in [0, 0.1) is 11.3 Å². The first kappa shape index (κ1) is 17.3. The summed E-state index contributed by atoms with van der Waals surface area (Å²) in [6, 6.07) is 15.1. The van der Waals surface area contributed by atoms with Gasteiger partial charge in [-0.3, -0.25) is 4.79 Å². The number of nitriles is 1. The summed E-state index contributed by atoms with van der Waals surface area (Å²) in [5.74, 6) is 1.03. The highest BCUT2D eigenvalue weighted by molar-refractivity contribution is 9.10. The Bertz CT molecular complexity index is 1310. The minimum atomic E-state index is -0.287. The summed E-state index contributed by atoms with van der Waals surface area (Å²) in [5, 5.41) is 11.1. The Labute approximate surface area is 163 Å². The van der Waals surface area contributed by atoms with Gasteiger partial charge in [0.1, 0.15) is 17.4 Å². The molecule has 6 heteroatoms. The van der Waals surface area contributed by atoms with Crippen LogP contribution >= 0.6 is 15.9 Å². The van der Waals surface area contributed by atoms with Gasteiger partial charge in [0, 0.05) is 21.8 Å². The molecule has 27 heavy (non-hydrogen) atoms. The fourth-order valence-corrected chi connectivity index (χ4v) is 3.43. The first-order valence-electron chi connectivity index (χ1n) is 8.43. The van der Waals surface area contributed by atoms with Gasteiger partial charge in [-0.25, -0.2) is 4.98 Å². The number of para-hydroxylation sites is 1. The van der Waals surface area contributed by atoms with Crippen LogP contribution in [-0.4, -0.2) is 9.97 Å². The zero-order valence-corrected chi connectivity index (χ0v) is 16.0. The molecule has 0 aliphatic heterocycles. The third-order valence-corrected chi connectivity index (χ3v) is 4.86. The Morgan fingerprint density at radius 3 is 2.89 bits per heavy atom. The molecule has 4 aromatic rings. The average molecular weight is 420 g/mol. The second-order valence-corrected chi connectivity index (χ2v) is 6.95. The standard InChI is InChI=1S/C21H14BrN3O2/c1-2-18-15(14-5-3-4-6-19(14)27-18)9-12(11-23)20-24-17-8-7-13(22)10-16(17)21(26)25-20/h3-10H,2H2,1H3,(H,24,25,26)/b12-9+. The van der Waals surface area contributed by atoms with Crippen molar-refractivity contribution in [3.63, 3.8) is 0 Å². The van der Waals surface area contributed by atoms with Crippen molar-refractivity contribution in [1.82, 2.24) is 9.97 Å². The predicted octanol–water partition coefficient (Wildman–Crippen LogP) is 5.06. The highest BCUT2D eigenvalue weighted by Crippen LogP contribution is 2.29. The van der Waals surface area contributed by atoms with E-state index in [1.807, 2.05) is 37.3 Å². The van der Waals surface area contributed by atoms with Gasteiger partial charge in [-0.15, -0.1) is 0 Å². The third kappa shape index (κ3) is 3.07. The van der Waals surface area contributed by atoms with E-state index in [-0.39, 0.29) is 17.0 Å². The molecule has 0 aliphatic rings. The largest absolute Gasteiger partial charge is 0.460 e. The minimum absolute atomic E-state index is 0.240. The molecular weight excluding hydrogens is 406 g/mol. The van der Waals surface area contributed by atoms with Crippen LogP contribution in [0.4, 0.5) is 0 Å². The van der Waals surface area contributed by atoms with Gasteiger partial charge in [0.05, 0.1) is 16.5 Å². The van der Waals surface area contributed by atoms with Gasteiger partial charge in [-0.1, -0.05) is 41.1 Å². The van der Waals surface area contributed by atoms with Gasteiger partial charge in [-0.2, -0.15) is 5.26 Å². The van der Waals surface area contributed by atoms with E-state index in [1.165, 1.54) is 0 Å². The van der Waals surface area contributed by atoms with Crippen LogP contribution < -0.4 is 5.56 Å². The van der Waals surface area contributed by atoms with Crippen molar-refractivity contribution in [2.24, 2.45) is 0 Å². The van der Waals surface area contributed by atoms with Gasteiger partial charge < -0.3 is 9.40 Å². The number of halogens is 1. The van der Waals surface area contributed by atoms with Crippen LogP contribution in [0.5, 0.6) is 0 Å². The molecule has 4 rings (SSSR count). The maximum Gasteiger partial charge on any atom is 0.259 e. The number of fused-ring (bicyclic) bond motifs is 2. The Morgan fingerprint density at radius 2 is 2.11 bits per heavy atom. The molecule has 0 amide bonds. The van der Waals surface area contributed by atoms with E-state index >= 15 is 0 Å². The second-order valence-electron chi connectivity index (χ2n) is 6.03. The fourth-order valence-electron chi connectivity index (χ4n) is 3.07. The Hall–Kier alpha value is -3.17. The number of nitrogens with one attached hydrogen (secondary N) is 1. The summed E-state index contributed by atoms with van der Waals surface area (Å²) < 4.78 is 6.68. The molecule has 132 valence electrons. The van der Waals surface area contributed by atoms with Crippen molar-refractivity contribution < 1.29 is 4.42 Å². The number of hydrogen-bond donors (Lipinski definition) is 1. The predicted molar refractivity (Wildman–Crippen MR) is 109 cm³/mol. The van der Waals surface area contributed by atoms with Crippen molar-refractivity contribution in [1.29, 1.82) is 5.26 Å². The molecule has 0 saturated carbocycles. The summed E-state index contributed by atoms with van der Waals surface area (Å²) in [6.07, 6.45) is 2.42. The number of allylic oxidation sites excluding steroid dienone is 1. The molecule has 0 unspecified atom stereocenters. The first-order valence-corrected chi connectivity index (χ1v) is 9.22. The molecule has 1 N–H and O–H groups in total. The molecule has 5 nitrogen and oxygen atoms in total. The fraction of sp³-hybridized carbons (Fsp3) is 0.0952. The summed E-state index contributed by atoms with van der Waals surface area (Å²) in [6.45, 7) is 2.00. The lowest BCUT2D eigenvalue weighted by atomic mass is 10.1. The van der Waals surface area contributed by atoms with Gasteiger partial charge >= 0.3 is 0 Å². The smallest absolute Gasteiger partial charge is 0.259 e. The lowest BCUT2D eigenvalue weighted by molar-refractivity contribution is 0.556. The van der Waals surface area contributed by atoms with E-state index in [1.54, 1.807) is 18.2 Å². The molecule has 0 aliphatic carbocycles. The first-order chi connectivity index (χ1) is 13.1. The zero-order chi connectivity index (χ0) is 19.0. The van der Waals surface area contributed by atoms with Crippen LogP contribution in [0.2, 0.25) is 0 Å². The van der Waals surface area contributed by atoms with E-state index in [4.69, 9.17) is 4.42 Å². The van der Waals surface area contributed by atoms with Gasteiger partial charge in [0.2, 0.25) is 0 Å². The maximum absolute atomic E-state index is 12.4. The lowest BCUT2D eigenvalue weighted by Crippen LogP contribution is -2.11. The summed E-state index contributed by atoms with van der Waals surface area (Å²) in [5.41, 5.74) is 2.13. The van der Waals surface area contributed by atoms with Gasteiger partial charge in [0.25, 0.3) is 5.56 Å². The number of aryl methyl sites for hydroxylation is 1. The Balaban J connectivity index is 1.93. The highest BCUT2D eigenvalue weighted by atomic mass is 79.9. The topological polar surface area (TPSA) is 82.7 Å². The van der Waals surface area contributed by atoms with E-state index in [0.29, 0.717) is 17.3 Å². The number of nitrogens with zero attached hydrogens (tertiary/aromatic N) is 2. The minimum Gasteiger partial charge on any atom is -0.460 e. The van der Waals surface area contributed by atoms with Crippen molar-refractivity contribution >= 4 is 49.5 Å². The third-order valence-electron chi connectivity index (χ3n) is 4.36. The number of rotatable bonds is 3. The van der Waals surface area contributed by atoms with Gasteiger partial charge in [0.15, 0.2) is 5.82 Å². The summed E-state index contributed by atoms with van der Waals surface area (Å²) in [4.78, 5) is 19.6. The van der Waals surface area contributed by atoms with Crippen LogP contribution in [0.1, 0.15) is 24.1 Å². The molecule has 0 atom stereocenters. The molecule has 0 fully saturated rings. The number of hydrogen-bond acceptors (Lipinski definition) is 4. The number of aromatic nitrogens is 2. The number of benzene rings is 2.